The predicted octanol–water partition coefficient (Wildman–Crippen LogP) is 3.46. The van der Waals surface area contributed by atoms with Crippen LogP contribution < -0.4 is 5.32 Å². The Balaban J connectivity index is 2.78. The first kappa shape index (κ1) is 13.0. The fourth-order valence-corrected chi connectivity index (χ4v) is 1.59. The van der Waals surface area contributed by atoms with Crippen molar-refractivity contribution >= 4 is 17.4 Å². The van der Waals surface area contributed by atoms with E-state index in [0.717, 1.165) is 30.8 Å². The average molecular weight is 240 g/mol. The van der Waals surface area contributed by atoms with E-state index in [0.29, 0.717) is 5.15 Å². The van der Waals surface area contributed by atoms with Crippen molar-refractivity contribution in [3.63, 3.8) is 0 Å². The van der Waals surface area contributed by atoms with Crippen LogP contribution in [0.5, 0.6) is 0 Å². The van der Waals surface area contributed by atoms with Gasteiger partial charge in [-0.05, 0) is 20.3 Å². The second-order valence-electron chi connectivity index (χ2n) is 3.90. The lowest BCUT2D eigenvalue weighted by molar-refractivity contribution is 0.901. The zero-order valence-electron chi connectivity index (χ0n) is 10.0. The number of halogens is 1. The van der Waals surface area contributed by atoms with E-state index in [9.17, 15) is 0 Å². The van der Waals surface area contributed by atoms with Crippen LogP contribution in [0.4, 0.5) is 5.82 Å². The second-order valence-corrected chi connectivity index (χ2v) is 4.26. The Hall–Kier alpha value is -1.09. The van der Waals surface area contributed by atoms with E-state index in [2.05, 4.69) is 42.1 Å². The quantitative estimate of drug-likeness (QED) is 0.632. The number of nitrogens with zero attached hydrogens (tertiary/aromatic N) is 2. The molecule has 3 nitrogen and oxygen atoms in total. The first-order valence-corrected chi connectivity index (χ1v) is 5.89. The summed E-state index contributed by atoms with van der Waals surface area (Å²) in [5, 5.41) is 3.81. The summed E-state index contributed by atoms with van der Waals surface area (Å²) in [7, 11) is 0. The fraction of sp³-hybridized carbons (Fsp3) is 0.500. The molecule has 1 aromatic heterocycles. The normalized spacial score (nSPS) is 10.0. The Labute approximate surface area is 102 Å². The molecule has 1 heterocycles. The standard InChI is InChI=1S/C12H18ClN3/c1-4-5-10-11(13)15-8-16-12(10)14-7-6-9(2)3/h6,8H,4-5,7H2,1-3H3,(H,14,15,16). The van der Waals surface area contributed by atoms with Gasteiger partial charge in [-0.15, -0.1) is 0 Å². The maximum absolute atomic E-state index is 6.04. The highest BCUT2D eigenvalue weighted by Gasteiger charge is 2.07. The summed E-state index contributed by atoms with van der Waals surface area (Å²) in [5.41, 5.74) is 2.29. The van der Waals surface area contributed by atoms with Crippen LogP contribution in [0.2, 0.25) is 5.15 Å². The van der Waals surface area contributed by atoms with Crippen molar-refractivity contribution in [2.45, 2.75) is 33.6 Å². The van der Waals surface area contributed by atoms with E-state index in [1.165, 1.54) is 11.9 Å². The largest absolute Gasteiger partial charge is 0.366 e. The van der Waals surface area contributed by atoms with Gasteiger partial charge in [0, 0.05) is 12.1 Å². The Morgan fingerprint density at radius 3 is 2.81 bits per heavy atom. The highest BCUT2D eigenvalue weighted by molar-refractivity contribution is 6.30. The molecule has 16 heavy (non-hydrogen) atoms. The van der Waals surface area contributed by atoms with Gasteiger partial charge in [-0.1, -0.05) is 36.6 Å². The average Bonchev–Trinajstić information content (AvgIpc) is 2.22. The summed E-state index contributed by atoms with van der Waals surface area (Å²) in [6, 6.07) is 0. The smallest absolute Gasteiger partial charge is 0.137 e. The molecular weight excluding hydrogens is 222 g/mol. The molecule has 0 radical (unpaired) electrons. The first-order chi connectivity index (χ1) is 7.65. The molecule has 1 N–H and O–H groups in total. The maximum Gasteiger partial charge on any atom is 0.137 e. The molecule has 0 saturated heterocycles. The summed E-state index contributed by atoms with van der Waals surface area (Å²) in [4.78, 5) is 8.22. The number of nitrogens with one attached hydrogen (secondary N) is 1. The van der Waals surface area contributed by atoms with Crippen LogP contribution in [0.1, 0.15) is 32.8 Å². The van der Waals surface area contributed by atoms with Gasteiger partial charge in [0.05, 0.1) is 0 Å². The zero-order chi connectivity index (χ0) is 12.0. The molecule has 0 unspecified atom stereocenters. The molecule has 0 atom stereocenters. The van der Waals surface area contributed by atoms with Gasteiger partial charge >= 0.3 is 0 Å². The third-order valence-corrected chi connectivity index (χ3v) is 2.50. The van der Waals surface area contributed by atoms with Gasteiger partial charge in [0.25, 0.3) is 0 Å². The Kier molecular flexibility index (Phi) is 5.26. The van der Waals surface area contributed by atoms with Crippen LogP contribution >= 0.6 is 11.6 Å². The Morgan fingerprint density at radius 1 is 1.44 bits per heavy atom. The molecule has 1 aromatic rings. The third kappa shape index (κ3) is 3.81. The molecule has 0 amide bonds. The van der Waals surface area contributed by atoms with E-state index in [4.69, 9.17) is 11.6 Å². The van der Waals surface area contributed by atoms with Crippen LogP contribution in [0, 0.1) is 0 Å². The summed E-state index contributed by atoms with van der Waals surface area (Å²) >= 11 is 6.04. The van der Waals surface area contributed by atoms with Crippen molar-refractivity contribution in [2.24, 2.45) is 0 Å². The minimum atomic E-state index is 0.552. The summed E-state index contributed by atoms with van der Waals surface area (Å²) in [6.07, 6.45) is 5.54. The van der Waals surface area contributed by atoms with Crippen LogP contribution in [0.15, 0.2) is 18.0 Å². The number of rotatable bonds is 5. The number of aromatic nitrogens is 2. The van der Waals surface area contributed by atoms with Crippen molar-refractivity contribution in [1.82, 2.24) is 9.97 Å². The maximum atomic E-state index is 6.04. The lowest BCUT2D eigenvalue weighted by Crippen LogP contribution is -2.06. The molecule has 0 aliphatic heterocycles. The van der Waals surface area contributed by atoms with Crippen molar-refractivity contribution in [3.05, 3.63) is 28.7 Å². The van der Waals surface area contributed by atoms with Crippen LogP contribution in [0.25, 0.3) is 0 Å². The molecule has 0 aliphatic rings. The summed E-state index contributed by atoms with van der Waals surface area (Å²) < 4.78 is 0. The van der Waals surface area contributed by atoms with Crippen LogP contribution in [-0.4, -0.2) is 16.5 Å². The number of hydrogen-bond acceptors (Lipinski definition) is 3. The molecule has 4 heteroatoms. The van der Waals surface area contributed by atoms with Gasteiger partial charge < -0.3 is 5.32 Å². The van der Waals surface area contributed by atoms with Gasteiger partial charge in [-0.3, -0.25) is 0 Å². The van der Waals surface area contributed by atoms with E-state index >= 15 is 0 Å². The van der Waals surface area contributed by atoms with Crippen molar-refractivity contribution in [3.8, 4) is 0 Å². The molecule has 88 valence electrons. The van der Waals surface area contributed by atoms with E-state index < -0.39 is 0 Å². The Bertz CT molecular complexity index is 371. The molecule has 0 saturated carbocycles. The van der Waals surface area contributed by atoms with Crippen LogP contribution in [-0.2, 0) is 6.42 Å². The first-order valence-electron chi connectivity index (χ1n) is 5.51. The van der Waals surface area contributed by atoms with Gasteiger partial charge in [0.2, 0.25) is 0 Å². The molecule has 0 bridgehead atoms. The number of hydrogen-bond donors (Lipinski definition) is 1. The predicted molar refractivity (Wildman–Crippen MR) is 69.0 cm³/mol. The van der Waals surface area contributed by atoms with E-state index in [1.807, 2.05) is 0 Å². The molecule has 0 spiro atoms. The fourth-order valence-electron chi connectivity index (χ4n) is 1.37. The van der Waals surface area contributed by atoms with Crippen molar-refractivity contribution < 1.29 is 0 Å². The Morgan fingerprint density at radius 2 is 2.19 bits per heavy atom. The van der Waals surface area contributed by atoms with Gasteiger partial charge in [-0.2, -0.15) is 0 Å². The number of anilines is 1. The lowest BCUT2D eigenvalue weighted by atomic mass is 10.2. The second kappa shape index (κ2) is 6.48. The number of allylic oxidation sites excluding steroid dienone is 1. The minimum Gasteiger partial charge on any atom is -0.366 e. The highest BCUT2D eigenvalue weighted by atomic mass is 35.5. The molecular formula is C12H18ClN3. The lowest BCUT2D eigenvalue weighted by Gasteiger charge is -2.09. The third-order valence-electron chi connectivity index (χ3n) is 2.17. The monoisotopic (exact) mass is 239 g/mol. The molecule has 0 aliphatic carbocycles. The highest BCUT2D eigenvalue weighted by Crippen LogP contribution is 2.21. The van der Waals surface area contributed by atoms with E-state index in [-0.39, 0.29) is 0 Å². The minimum absolute atomic E-state index is 0.552. The summed E-state index contributed by atoms with van der Waals surface area (Å²) in [6.45, 7) is 7.03. The van der Waals surface area contributed by atoms with Crippen LogP contribution in [0.3, 0.4) is 0 Å². The topological polar surface area (TPSA) is 37.8 Å². The molecule has 1 rings (SSSR count). The SMILES string of the molecule is CCCc1c(Cl)ncnc1NCC=C(C)C. The van der Waals surface area contributed by atoms with Crippen molar-refractivity contribution in [1.29, 1.82) is 0 Å². The van der Waals surface area contributed by atoms with Gasteiger partial charge in [-0.25, -0.2) is 9.97 Å². The van der Waals surface area contributed by atoms with Crippen molar-refractivity contribution in [2.75, 3.05) is 11.9 Å². The summed E-state index contributed by atoms with van der Waals surface area (Å²) in [5.74, 6) is 0.847. The van der Waals surface area contributed by atoms with Gasteiger partial charge in [0.1, 0.15) is 17.3 Å². The van der Waals surface area contributed by atoms with E-state index in [1.54, 1.807) is 0 Å². The molecule has 0 fully saturated rings. The molecule has 0 aromatic carbocycles. The zero-order valence-corrected chi connectivity index (χ0v) is 10.8. The van der Waals surface area contributed by atoms with Gasteiger partial charge in [0.15, 0.2) is 0 Å².